The lowest BCUT2D eigenvalue weighted by Crippen LogP contribution is -1.89. The maximum absolute atomic E-state index is 10.7. The van der Waals surface area contributed by atoms with E-state index in [0.717, 1.165) is 17.4 Å². The molecule has 1 nitrogen and oxygen atoms in total. The van der Waals surface area contributed by atoms with Crippen LogP contribution in [0.25, 0.3) is 10.1 Å². The molecule has 0 aliphatic rings. The van der Waals surface area contributed by atoms with Crippen molar-refractivity contribution in [1.82, 2.24) is 0 Å². The van der Waals surface area contributed by atoms with Gasteiger partial charge in [-0.15, -0.1) is 11.3 Å². The highest BCUT2D eigenvalue weighted by Gasteiger charge is 2.07. The molecule has 2 aromatic rings. The molecule has 1 aromatic heterocycles. The average molecular weight is 302 g/mol. The van der Waals surface area contributed by atoms with Crippen LogP contribution < -0.4 is 0 Å². The van der Waals surface area contributed by atoms with Crippen molar-refractivity contribution in [1.29, 1.82) is 0 Å². The van der Waals surface area contributed by atoms with Crippen LogP contribution in [0.1, 0.15) is 15.9 Å². The van der Waals surface area contributed by atoms with E-state index in [1.807, 2.05) is 13.0 Å². The lowest BCUT2D eigenvalue weighted by atomic mass is 10.1. The number of hydrogen-bond acceptors (Lipinski definition) is 2. The van der Waals surface area contributed by atoms with Gasteiger partial charge in [0.2, 0.25) is 0 Å². The lowest BCUT2D eigenvalue weighted by molar-refractivity contribution is 0.112. The number of halogens is 1. The van der Waals surface area contributed by atoms with E-state index in [1.165, 1.54) is 13.7 Å². The zero-order valence-corrected chi connectivity index (χ0v) is 9.98. The average Bonchev–Trinajstić information content (AvgIpc) is 2.59. The van der Waals surface area contributed by atoms with Gasteiger partial charge in [-0.25, -0.2) is 0 Å². The topological polar surface area (TPSA) is 17.1 Å². The number of carbonyl (C=O) groups is 1. The van der Waals surface area contributed by atoms with Crippen LogP contribution in [0.5, 0.6) is 0 Å². The normalized spacial score (nSPS) is 10.6. The van der Waals surface area contributed by atoms with Crippen LogP contribution in [0, 0.1) is 10.5 Å². The molecule has 0 atom stereocenters. The van der Waals surface area contributed by atoms with Crippen molar-refractivity contribution in [3.8, 4) is 0 Å². The summed E-state index contributed by atoms with van der Waals surface area (Å²) in [5.41, 5.74) is 1.89. The van der Waals surface area contributed by atoms with E-state index in [1.54, 1.807) is 11.3 Å². The Morgan fingerprint density at radius 1 is 1.54 bits per heavy atom. The Labute approximate surface area is 93.9 Å². The molecule has 3 heteroatoms. The summed E-state index contributed by atoms with van der Waals surface area (Å²) in [4.78, 5) is 10.7. The highest BCUT2D eigenvalue weighted by Crippen LogP contribution is 2.30. The zero-order chi connectivity index (χ0) is 9.42. The van der Waals surface area contributed by atoms with Crippen LogP contribution in [-0.4, -0.2) is 6.29 Å². The predicted octanol–water partition coefficient (Wildman–Crippen LogP) is 3.63. The smallest absolute Gasteiger partial charge is 0.150 e. The van der Waals surface area contributed by atoms with Gasteiger partial charge in [-0.05, 0) is 58.0 Å². The Morgan fingerprint density at radius 3 is 3.00 bits per heavy atom. The number of benzene rings is 1. The molecule has 0 bridgehead atoms. The predicted molar refractivity (Wildman–Crippen MR) is 64.7 cm³/mol. The Kier molecular flexibility index (Phi) is 2.38. The van der Waals surface area contributed by atoms with Crippen molar-refractivity contribution in [2.75, 3.05) is 0 Å². The molecule has 0 amide bonds. The number of rotatable bonds is 1. The van der Waals surface area contributed by atoms with E-state index in [2.05, 4.69) is 34.0 Å². The van der Waals surface area contributed by atoms with Gasteiger partial charge >= 0.3 is 0 Å². The first-order valence-corrected chi connectivity index (χ1v) is 5.81. The Hall–Kier alpha value is -0.420. The number of hydrogen-bond donors (Lipinski definition) is 0. The summed E-state index contributed by atoms with van der Waals surface area (Å²) in [6.45, 7) is 1.99. The Bertz CT molecular complexity index is 473. The van der Waals surface area contributed by atoms with Crippen molar-refractivity contribution in [3.05, 3.63) is 32.2 Å². The van der Waals surface area contributed by atoms with Gasteiger partial charge in [0, 0.05) is 13.8 Å². The van der Waals surface area contributed by atoms with Gasteiger partial charge in [0.15, 0.2) is 0 Å². The first-order chi connectivity index (χ1) is 6.24. The van der Waals surface area contributed by atoms with Crippen LogP contribution in [0.2, 0.25) is 0 Å². The third-order valence-electron chi connectivity index (χ3n) is 2.10. The fourth-order valence-corrected chi connectivity index (χ4v) is 3.18. The first-order valence-electron chi connectivity index (χ1n) is 3.85. The molecular weight excluding hydrogens is 295 g/mol. The van der Waals surface area contributed by atoms with Gasteiger partial charge in [0.1, 0.15) is 6.29 Å². The number of fused-ring (bicyclic) bond motifs is 1. The summed E-state index contributed by atoms with van der Waals surface area (Å²) in [7, 11) is 0. The molecule has 2 rings (SSSR count). The molecule has 13 heavy (non-hydrogen) atoms. The van der Waals surface area contributed by atoms with E-state index in [4.69, 9.17) is 0 Å². The summed E-state index contributed by atoms with van der Waals surface area (Å²) < 4.78 is 2.48. The molecule has 1 heterocycles. The molecule has 0 unspecified atom stereocenters. The minimum Gasteiger partial charge on any atom is -0.298 e. The van der Waals surface area contributed by atoms with E-state index in [9.17, 15) is 4.79 Å². The van der Waals surface area contributed by atoms with Gasteiger partial charge in [-0.2, -0.15) is 0 Å². The maximum Gasteiger partial charge on any atom is 0.150 e. The van der Waals surface area contributed by atoms with Gasteiger partial charge in [-0.1, -0.05) is 0 Å². The largest absolute Gasteiger partial charge is 0.298 e. The van der Waals surface area contributed by atoms with Crippen molar-refractivity contribution in [2.45, 2.75) is 6.92 Å². The number of thiophene rings is 1. The van der Waals surface area contributed by atoms with Gasteiger partial charge < -0.3 is 0 Å². The number of aldehydes is 1. The van der Waals surface area contributed by atoms with Crippen molar-refractivity contribution in [2.24, 2.45) is 0 Å². The SMILES string of the molecule is Cc1c(C=O)cc2ccsc2c1I. The van der Waals surface area contributed by atoms with Gasteiger partial charge in [-0.3, -0.25) is 4.79 Å². The fourth-order valence-electron chi connectivity index (χ4n) is 1.31. The molecular formula is C10H7IOS. The minimum atomic E-state index is 0.801. The molecule has 0 spiro atoms. The second kappa shape index (κ2) is 3.38. The molecule has 1 aromatic carbocycles. The molecule has 0 saturated carbocycles. The Balaban J connectivity index is 2.91. The molecule has 0 aliphatic carbocycles. The first kappa shape index (κ1) is 9.15. The lowest BCUT2D eigenvalue weighted by Gasteiger charge is -2.02. The highest BCUT2D eigenvalue weighted by molar-refractivity contribution is 14.1. The van der Waals surface area contributed by atoms with Gasteiger partial charge in [0.05, 0.1) is 0 Å². The maximum atomic E-state index is 10.7. The third kappa shape index (κ3) is 1.40. The Morgan fingerprint density at radius 2 is 2.31 bits per heavy atom. The molecule has 66 valence electrons. The quantitative estimate of drug-likeness (QED) is 0.581. The van der Waals surface area contributed by atoms with Gasteiger partial charge in [0.25, 0.3) is 0 Å². The minimum absolute atomic E-state index is 0.801. The van der Waals surface area contributed by atoms with E-state index in [0.29, 0.717) is 0 Å². The summed E-state index contributed by atoms with van der Waals surface area (Å²) in [5.74, 6) is 0. The van der Waals surface area contributed by atoms with Crippen LogP contribution in [0.3, 0.4) is 0 Å². The van der Waals surface area contributed by atoms with Crippen LogP contribution >= 0.6 is 33.9 Å². The molecule has 0 fully saturated rings. The van der Waals surface area contributed by atoms with Crippen LogP contribution in [-0.2, 0) is 0 Å². The van der Waals surface area contributed by atoms with Crippen molar-refractivity contribution in [3.63, 3.8) is 0 Å². The fraction of sp³-hybridized carbons (Fsp3) is 0.100. The summed E-state index contributed by atoms with van der Waals surface area (Å²) in [5, 5.41) is 3.23. The van der Waals surface area contributed by atoms with Crippen LogP contribution in [0.4, 0.5) is 0 Å². The summed E-state index contributed by atoms with van der Waals surface area (Å²) in [6.07, 6.45) is 0.925. The molecule has 0 N–H and O–H groups in total. The number of carbonyl (C=O) groups excluding carboxylic acids is 1. The second-order valence-corrected chi connectivity index (χ2v) is 4.86. The summed E-state index contributed by atoms with van der Waals surface area (Å²) in [6, 6.07) is 4.00. The zero-order valence-electron chi connectivity index (χ0n) is 7.00. The van der Waals surface area contributed by atoms with E-state index >= 15 is 0 Å². The van der Waals surface area contributed by atoms with Crippen molar-refractivity contribution >= 4 is 50.3 Å². The van der Waals surface area contributed by atoms with Crippen LogP contribution in [0.15, 0.2) is 17.5 Å². The summed E-state index contributed by atoms with van der Waals surface area (Å²) >= 11 is 4.02. The molecule has 0 aliphatic heterocycles. The second-order valence-electron chi connectivity index (χ2n) is 2.86. The highest BCUT2D eigenvalue weighted by atomic mass is 127. The molecule has 0 saturated heterocycles. The van der Waals surface area contributed by atoms with E-state index < -0.39 is 0 Å². The van der Waals surface area contributed by atoms with Crippen molar-refractivity contribution < 1.29 is 4.79 Å². The third-order valence-corrected chi connectivity index (χ3v) is 4.76. The standard InChI is InChI=1S/C10H7IOS/c1-6-8(5-12)4-7-2-3-13-10(7)9(6)11/h2-5H,1H3. The monoisotopic (exact) mass is 302 g/mol. The molecule has 0 radical (unpaired) electrons. The van der Waals surface area contributed by atoms with E-state index in [-0.39, 0.29) is 0 Å².